The Labute approximate surface area is 143 Å². The van der Waals surface area contributed by atoms with Crippen molar-refractivity contribution in [2.24, 2.45) is 11.8 Å². The normalized spacial score (nSPS) is 21.7. The molecule has 23 heavy (non-hydrogen) atoms. The van der Waals surface area contributed by atoms with Crippen LogP contribution in [0.1, 0.15) is 70.3 Å². The van der Waals surface area contributed by atoms with Gasteiger partial charge in [-0.2, -0.15) is 0 Å². The zero-order valence-corrected chi connectivity index (χ0v) is 15.1. The van der Waals surface area contributed by atoms with E-state index in [-0.39, 0.29) is 0 Å². The fourth-order valence-electron chi connectivity index (χ4n) is 3.68. The lowest BCUT2D eigenvalue weighted by Crippen LogP contribution is -2.13. The highest BCUT2D eigenvalue weighted by Gasteiger charge is 2.18. The lowest BCUT2D eigenvalue weighted by Gasteiger charge is -2.26. The van der Waals surface area contributed by atoms with Gasteiger partial charge in [-0.25, -0.2) is 0 Å². The van der Waals surface area contributed by atoms with Gasteiger partial charge in [-0.05, 0) is 68.1 Å². The number of unbranched alkanes of at least 4 members (excludes halogenated alkanes) is 2. The molecule has 0 saturated heterocycles. The maximum Gasteiger partial charge on any atom is 0.118 e. The lowest BCUT2D eigenvalue weighted by molar-refractivity contribution is 0.289. The predicted octanol–water partition coefficient (Wildman–Crippen LogP) is 6.57. The lowest BCUT2D eigenvalue weighted by atomic mass is 9.79. The molecule has 0 heterocycles. The summed E-state index contributed by atoms with van der Waals surface area (Å²) in [5.74, 6) is 2.80. The van der Waals surface area contributed by atoms with Gasteiger partial charge < -0.3 is 4.74 Å². The fraction of sp³-hybridized carbons (Fsp3) is 0.636. The van der Waals surface area contributed by atoms with E-state index in [1.54, 1.807) is 7.11 Å². The Morgan fingerprint density at radius 3 is 2.43 bits per heavy atom. The van der Waals surface area contributed by atoms with Crippen LogP contribution < -0.4 is 4.74 Å². The largest absolute Gasteiger partial charge is 0.497 e. The second kappa shape index (κ2) is 10.5. The topological polar surface area (TPSA) is 9.23 Å². The highest BCUT2D eigenvalue weighted by Crippen LogP contribution is 2.32. The number of hydrogen-bond acceptors (Lipinski definition) is 1. The molecule has 0 spiro atoms. The van der Waals surface area contributed by atoms with E-state index in [9.17, 15) is 0 Å². The van der Waals surface area contributed by atoms with Crippen LogP contribution >= 0.6 is 0 Å². The minimum Gasteiger partial charge on any atom is -0.497 e. The summed E-state index contributed by atoms with van der Waals surface area (Å²) in [5.41, 5.74) is 1.40. The molecule has 0 N–H and O–H groups in total. The standard InChI is InChI=1S/C22H34O/c1-3-4-5-8-19-11-13-20(14-12-19)9-6-7-10-21-15-17-22(23-2)18-16-21/h6,9,15-20H,3-5,7-8,10-14H2,1-2H3. The van der Waals surface area contributed by atoms with E-state index in [1.165, 1.54) is 56.9 Å². The second-order valence-electron chi connectivity index (χ2n) is 7.09. The summed E-state index contributed by atoms with van der Waals surface area (Å²) in [6.45, 7) is 2.30. The van der Waals surface area contributed by atoms with Crippen molar-refractivity contribution >= 4 is 0 Å². The van der Waals surface area contributed by atoms with Crippen LogP contribution in [0.4, 0.5) is 0 Å². The minimum atomic E-state index is 0.841. The first-order valence-corrected chi connectivity index (χ1v) is 9.61. The molecule has 0 atom stereocenters. The zero-order valence-electron chi connectivity index (χ0n) is 15.1. The van der Waals surface area contributed by atoms with Crippen LogP contribution in [-0.2, 0) is 6.42 Å². The molecular weight excluding hydrogens is 280 g/mol. The summed E-state index contributed by atoms with van der Waals surface area (Å²) < 4.78 is 5.20. The van der Waals surface area contributed by atoms with Crippen LogP contribution in [0.2, 0.25) is 0 Å². The molecule has 0 radical (unpaired) electrons. The summed E-state index contributed by atoms with van der Waals surface area (Å²) in [6.07, 6.45) is 18.6. The molecule has 1 heteroatoms. The van der Waals surface area contributed by atoms with Crippen molar-refractivity contribution < 1.29 is 4.74 Å². The first kappa shape index (κ1) is 18.1. The number of hydrogen-bond donors (Lipinski definition) is 0. The molecular formula is C22H34O. The van der Waals surface area contributed by atoms with Gasteiger partial charge in [0.15, 0.2) is 0 Å². The summed E-state index contributed by atoms with van der Waals surface area (Å²) in [6, 6.07) is 8.46. The van der Waals surface area contributed by atoms with Crippen LogP contribution in [0.3, 0.4) is 0 Å². The van der Waals surface area contributed by atoms with Gasteiger partial charge in [-0.3, -0.25) is 0 Å². The maximum absolute atomic E-state index is 5.20. The molecule has 0 unspecified atom stereocenters. The number of benzene rings is 1. The van der Waals surface area contributed by atoms with Crippen LogP contribution in [-0.4, -0.2) is 7.11 Å². The Balaban J connectivity index is 1.61. The number of aryl methyl sites for hydroxylation is 1. The number of allylic oxidation sites excluding steroid dienone is 2. The quantitative estimate of drug-likeness (QED) is 0.370. The van der Waals surface area contributed by atoms with Crippen LogP contribution in [0.25, 0.3) is 0 Å². The van der Waals surface area contributed by atoms with Crippen LogP contribution in [0.15, 0.2) is 36.4 Å². The Morgan fingerprint density at radius 1 is 1.04 bits per heavy atom. The van der Waals surface area contributed by atoms with Crippen molar-refractivity contribution in [3.05, 3.63) is 42.0 Å². The molecule has 1 fully saturated rings. The van der Waals surface area contributed by atoms with Gasteiger partial charge in [-0.15, -0.1) is 0 Å². The Hall–Kier alpha value is -1.24. The SMILES string of the molecule is CCCCCC1CCC(C=CCCc2ccc(OC)cc2)CC1. The van der Waals surface area contributed by atoms with Gasteiger partial charge in [-0.1, -0.05) is 56.9 Å². The van der Waals surface area contributed by atoms with E-state index >= 15 is 0 Å². The summed E-state index contributed by atoms with van der Waals surface area (Å²) >= 11 is 0. The predicted molar refractivity (Wildman–Crippen MR) is 100 cm³/mol. The highest BCUT2D eigenvalue weighted by molar-refractivity contribution is 5.27. The average molecular weight is 315 g/mol. The molecule has 1 aliphatic rings. The smallest absolute Gasteiger partial charge is 0.118 e. The number of methoxy groups -OCH3 is 1. The second-order valence-corrected chi connectivity index (χ2v) is 7.09. The zero-order chi connectivity index (χ0) is 16.3. The summed E-state index contributed by atoms with van der Waals surface area (Å²) in [4.78, 5) is 0. The van der Waals surface area contributed by atoms with Crippen molar-refractivity contribution in [1.29, 1.82) is 0 Å². The molecule has 1 saturated carbocycles. The van der Waals surface area contributed by atoms with Crippen molar-refractivity contribution in [1.82, 2.24) is 0 Å². The molecule has 1 aromatic carbocycles. The third-order valence-electron chi connectivity index (χ3n) is 5.27. The molecule has 0 amide bonds. The summed E-state index contributed by atoms with van der Waals surface area (Å²) in [7, 11) is 1.72. The van der Waals surface area contributed by atoms with E-state index < -0.39 is 0 Å². The van der Waals surface area contributed by atoms with Gasteiger partial charge >= 0.3 is 0 Å². The number of ether oxygens (including phenoxy) is 1. The Morgan fingerprint density at radius 2 is 1.78 bits per heavy atom. The van der Waals surface area contributed by atoms with Gasteiger partial charge in [0, 0.05) is 0 Å². The van der Waals surface area contributed by atoms with Gasteiger partial charge in [0.1, 0.15) is 5.75 Å². The van der Waals surface area contributed by atoms with Gasteiger partial charge in [0.05, 0.1) is 7.11 Å². The van der Waals surface area contributed by atoms with Gasteiger partial charge in [0.25, 0.3) is 0 Å². The van der Waals surface area contributed by atoms with Crippen molar-refractivity contribution in [3.63, 3.8) is 0 Å². The van der Waals surface area contributed by atoms with E-state index in [0.29, 0.717) is 0 Å². The third-order valence-corrected chi connectivity index (χ3v) is 5.27. The van der Waals surface area contributed by atoms with E-state index in [2.05, 4.69) is 43.3 Å². The third kappa shape index (κ3) is 6.81. The molecule has 1 nitrogen and oxygen atoms in total. The first-order chi connectivity index (χ1) is 11.3. The van der Waals surface area contributed by atoms with Crippen molar-refractivity contribution in [3.8, 4) is 5.75 Å². The Bertz CT molecular complexity index is 438. The first-order valence-electron chi connectivity index (χ1n) is 9.61. The monoisotopic (exact) mass is 314 g/mol. The molecule has 2 rings (SSSR count). The molecule has 0 bridgehead atoms. The molecule has 1 aliphatic carbocycles. The molecule has 0 aromatic heterocycles. The fourth-order valence-corrected chi connectivity index (χ4v) is 3.68. The number of rotatable bonds is 9. The van der Waals surface area contributed by atoms with E-state index in [4.69, 9.17) is 4.74 Å². The Kier molecular flexibility index (Phi) is 8.28. The maximum atomic E-state index is 5.20. The summed E-state index contributed by atoms with van der Waals surface area (Å²) in [5, 5.41) is 0. The molecule has 1 aromatic rings. The van der Waals surface area contributed by atoms with Crippen molar-refractivity contribution in [2.75, 3.05) is 7.11 Å². The van der Waals surface area contributed by atoms with E-state index in [1.807, 2.05) is 0 Å². The van der Waals surface area contributed by atoms with Crippen LogP contribution in [0.5, 0.6) is 5.75 Å². The average Bonchev–Trinajstić information content (AvgIpc) is 2.61. The molecule has 0 aliphatic heterocycles. The van der Waals surface area contributed by atoms with Gasteiger partial charge in [0.2, 0.25) is 0 Å². The van der Waals surface area contributed by atoms with Crippen molar-refractivity contribution in [2.45, 2.75) is 71.1 Å². The highest BCUT2D eigenvalue weighted by atomic mass is 16.5. The molecule has 128 valence electrons. The van der Waals surface area contributed by atoms with E-state index in [0.717, 1.165) is 30.4 Å². The van der Waals surface area contributed by atoms with Crippen LogP contribution in [0, 0.1) is 11.8 Å². The minimum absolute atomic E-state index is 0.841.